The molecule has 0 saturated heterocycles. The van der Waals surface area contributed by atoms with Crippen LogP contribution in [0.1, 0.15) is 24.2 Å². The van der Waals surface area contributed by atoms with Crippen molar-refractivity contribution in [2.24, 2.45) is 5.92 Å². The van der Waals surface area contributed by atoms with Crippen LogP contribution in [0.3, 0.4) is 0 Å². The number of rotatable bonds is 8. The molecule has 0 spiro atoms. The lowest BCUT2D eigenvalue weighted by Gasteiger charge is -2.25. The first-order valence-corrected chi connectivity index (χ1v) is 8.87. The monoisotopic (exact) mass is 390 g/mol. The van der Waals surface area contributed by atoms with E-state index in [1.165, 1.54) is 23.7 Å². The zero-order chi connectivity index (χ0) is 20.8. The molecule has 9 heteroatoms. The van der Waals surface area contributed by atoms with E-state index >= 15 is 0 Å². The van der Waals surface area contributed by atoms with E-state index in [0.29, 0.717) is 17.9 Å². The Labute approximate surface area is 162 Å². The summed E-state index contributed by atoms with van der Waals surface area (Å²) < 4.78 is 11.5. The van der Waals surface area contributed by atoms with Crippen LogP contribution in [0.25, 0.3) is 0 Å². The van der Waals surface area contributed by atoms with Crippen molar-refractivity contribution in [3.8, 4) is 5.75 Å². The van der Waals surface area contributed by atoms with Crippen LogP contribution in [-0.4, -0.2) is 42.8 Å². The van der Waals surface area contributed by atoms with Crippen molar-refractivity contribution < 1.29 is 14.3 Å². The predicted octanol–water partition coefficient (Wildman–Crippen LogP) is 1.08. The number of nitrogens with zero attached hydrogens (tertiary/aromatic N) is 2. The number of hydrogen-bond acceptors (Lipinski definition) is 6. The van der Waals surface area contributed by atoms with Gasteiger partial charge in [-0.1, -0.05) is 19.9 Å². The molecule has 1 aromatic heterocycles. The Bertz CT molecular complexity index is 948. The molecule has 0 aliphatic heterocycles. The smallest absolute Gasteiger partial charge is 0.330 e. The second kappa shape index (κ2) is 9.23. The molecule has 152 valence electrons. The van der Waals surface area contributed by atoms with Crippen LogP contribution in [0.2, 0.25) is 0 Å². The van der Waals surface area contributed by atoms with Gasteiger partial charge in [0.05, 0.1) is 13.7 Å². The fourth-order valence-corrected chi connectivity index (χ4v) is 2.79. The number of carbonyl (C=O) groups is 1. The largest absolute Gasteiger partial charge is 0.497 e. The quantitative estimate of drug-likeness (QED) is 0.696. The van der Waals surface area contributed by atoms with Crippen molar-refractivity contribution in [2.45, 2.75) is 20.4 Å². The molecule has 0 aliphatic rings. The molecule has 9 nitrogen and oxygen atoms in total. The molecular formula is C19H26N4O5. The minimum Gasteiger partial charge on any atom is -0.497 e. The fraction of sp³-hybridized carbons (Fsp3) is 0.421. The Hall–Kier alpha value is -3.07. The van der Waals surface area contributed by atoms with Crippen molar-refractivity contribution in [2.75, 3.05) is 38.0 Å². The van der Waals surface area contributed by atoms with Gasteiger partial charge in [0.15, 0.2) is 5.69 Å². The van der Waals surface area contributed by atoms with E-state index in [-0.39, 0.29) is 30.6 Å². The third kappa shape index (κ3) is 4.61. The second-order valence-corrected chi connectivity index (χ2v) is 6.68. The number of aromatic amines is 1. The molecular weight excluding hydrogens is 364 g/mol. The SMILES string of the molecule is COCCN(C(=O)c1cccc(OC)c1)c1c(N)n(CC(C)C)c(=O)[nH]c1=O. The van der Waals surface area contributed by atoms with E-state index in [2.05, 4.69) is 4.98 Å². The number of hydrogen-bond donors (Lipinski definition) is 2. The van der Waals surface area contributed by atoms with Gasteiger partial charge in [0.2, 0.25) is 0 Å². The number of ether oxygens (including phenoxy) is 2. The molecule has 1 heterocycles. The van der Waals surface area contributed by atoms with E-state index in [4.69, 9.17) is 15.2 Å². The summed E-state index contributed by atoms with van der Waals surface area (Å²) in [6.07, 6.45) is 0. The van der Waals surface area contributed by atoms with E-state index in [1.54, 1.807) is 24.3 Å². The zero-order valence-electron chi connectivity index (χ0n) is 16.5. The molecule has 0 bridgehead atoms. The molecule has 0 radical (unpaired) electrons. The Morgan fingerprint density at radius 3 is 2.61 bits per heavy atom. The number of nitrogens with one attached hydrogen (secondary N) is 1. The number of H-pyrrole nitrogens is 1. The van der Waals surface area contributed by atoms with Crippen LogP contribution in [0.5, 0.6) is 5.75 Å². The Kier molecular flexibility index (Phi) is 7.00. The van der Waals surface area contributed by atoms with Crippen LogP contribution < -0.4 is 26.6 Å². The van der Waals surface area contributed by atoms with Gasteiger partial charge >= 0.3 is 5.69 Å². The molecule has 2 aromatic rings. The van der Waals surface area contributed by atoms with Gasteiger partial charge in [0, 0.05) is 25.8 Å². The van der Waals surface area contributed by atoms with Gasteiger partial charge < -0.3 is 15.2 Å². The Morgan fingerprint density at radius 1 is 1.29 bits per heavy atom. The van der Waals surface area contributed by atoms with Crippen LogP contribution >= 0.6 is 0 Å². The number of carbonyl (C=O) groups excluding carboxylic acids is 1. The molecule has 2 rings (SSSR count). The number of methoxy groups -OCH3 is 2. The average molecular weight is 390 g/mol. The highest BCUT2D eigenvalue weighted by molar-refractivity contribution is 6.07. The molecule has 0 saturated carbocycles. The summed E-state index contributed by atoms with van der Waals surface area (Å²) >= 11 is 0. The van der Waals surface area contributed by atoms with Crippen molar-refractivity contribution >= 4 is 17.4 Å². The summed E-state index contributed by atoms with van der Waals surface area (Å²) in [6, 6.07) is 6.56. The topological polar surface area (TPSA) is 120 Å². The van der Waals surface area contributed by atoms with Crippen LogP contribution in [-0.2, 0) is 11.3 Å². The minimum absolute atomic E-state index is 0.0604. The zero-order valence-corrected chi connectivity index (χ0v) is 16.5. The number of nitrogen functional groups attached to an aromatic ring is 1. The first-order valence-electron chi connectivity index (χ1n) is 8.87. The maximum absolute atomic E-state index is 13.2. The van der Waals surface area contributed by atoms with Gasteiger partial charge in [-0.25, -0.2) is 4.79 Å². The van der Waals surface area contributed by atoms with Crippen molar-refractivity contribution in [1.29, 1.82) is 0 Å². The molecule has 1 aromatic carbocycles. The summed E-state index contributed by atoms with van der Waals surface area (Å²) in [4.78, 5) is 41.4. The maximum Gasteiger partial charge on any atom is 0.330 e. The Balaban J connectivity index is 2.60. The van der Waals surface area contributed by atoms with E-state index in [1.807, 2.05) is 13.8 Å². The summed E-state index contributed by atoms with van der Waals surface area (Å²) in [5, 5.41) is 0. The number of anilines is 2. The summed E-state index contributed by atoms with van der Waals surface area (Å²) in [5.74, 6) is 0.0992. The van der Waals surface area contributed by atoms with Gasteiger partial charge in [-0.05, 0) is 24.1 Å². The lowest BCUT2D eigenvalue weighted by molar-refractivity contribution is 0.0975. The summed E-state index contributed by atoms with van der Waals surface area (Å²) in [5.41, 5.74) is 5.06. The van der Waals surface area contributed by atoms with Gasteiger partial charge in [-0.2, -0.15) is 0 Å². The van der Waals surface area contributed by atoms with Crippen molar-refractivity contribution in [3.63, 3.8) is 0 Å². The van der Waals surface area contributed by atoms with Gasteiger partial charge in [0.25, 0.3) is 11.5 Å². The maximum atomic E-state index is 13.2. The van der Waals surface area contributed by atoms with Crippen LogP contribution in [0.4, 0.5) is 11.5 Å². The van der Waals surface area contributed by atoms with Gasteiger partial charge in [-0.15, -0.1) is 0 Å². The highest BCUT2D eigenvalue weighted by atomic mass is 16.5. The summed E-state index contributed by atoms with van der Waals surface area (Å²) in [6.45, 7) is 4.40. The molecule has 0 atom stereocenters. The lowest BCUT2D eigenvalue weighted by Crippen LogP contribution is -2.42. The number of nitrogens with two attached hydrogens (primary N) is 1. The standard InChI is InChI=1S/C19H26N4O5/c1-12(2)11-23-16(20)15(17(24)21-19(23)26)22(8-9-27-3)18(25)13-6-5-7-14(10-13)28-4/h5-7,10,12H,8-9,11,20H2,1-4H3,(H,21,24,26). The molecule has 3 N–H and O–H groups in total. The third-order valence-electron chi connectivity index (χ3n) is 4.11. The second-order valence-electron chi connectivity index (χ2n) is 6.68. The molecule has 0 fully saturated rings. The molecule has 0 unspecified atom stereocenters. The Morgan fingerprint density at radius 2 is 2.00 bits per heavy atom. The van der Waals surface area contributed by atoms with E-state index < -0.39 is 17.2 Å². The van der Waals surface area contributed by atoms with Crippen LogP contribution in [0.15, 0.2) is 33.9 Å². The van der Waals surface area contributed by atoms with Crippen molar-refractivity contribution in [1.82, 2.24) is 9.55 Å². The average Bonchev–Trinajstić information content (AvgIpc) is 2.66. The summed E-state index contributed by atoms with van der Waals surface area (Å²) in [7, 11) is 2.98. The predicted molar refractivity (Wildman–Crippen MR) is 107 cm³/mol. The first kappa shape index (κ1) is 21.2. The van der Waals surface area contributed by atoms with Crippen LogP contribution in [0, 0.1) is 5.92 Å². The first-order chi connectivity index (χ1) is 13.3. The molecule has 1 amide bonds. The fourth-order valence-electron chi connectivity index (χ4n) is 2.79. The number of aromatic nitrogens is 2. The van der Waals surface area contributed by atoms with Crippen molar-refractivity contribution in [3.05, 3.63) is 50.7 Å². The van der Waals surface area contributed by atoms with Gasteiger partial charge in [-0.3, -0.25) is 24.0 Å². The third-order valence-corrected chi connectivity index (χ3v) is 4.11. The number of amides is 1. The highest BCUT2D eigenvalue weighted by Gasteiger charge is 2.25. The number of benzene rings is 1. The van der Waals surface area contributed by atoms with E-state index in [9.17, 15) is 14.4 Å². The normalized spacial score (nSPS) is 10.9. The molecule has 0 aliphatic carbocycles. The minimum atomic E-state index is -0.727. The van der Waals surface area contributed by atoms with E-state index in [0.717, 1.165) is 0 Å². The van der Waals surface area contributed by atoms with Gasteiger partial charge in [0.1, 0.15) is 11.6 Å². The molecule has 28 heavy (non-hydrogen) atoms. The highest BCUT2D eigenvalue weighted by Crippen LogP contribution is 2.21. The lowest BCUT2D eigenvalue weighted by atomic mass is 10.1.